The molecule has 0 aliphatic carbocycles. The molecule has 3 nitrogen and oxygen atoms in total. The Hall–Kier alpha value is -2.81. The molecular formula is C19H16O3. The van der Waals surface area contributed by atoms with Crippen molar-refractivity contribution in [3.63, 3.8) is 0 Å². The third kappa shape index (κ3) is 2.53. The van der Waals surface area contributed by atoms with Crippen molar-refractivity contribution in [3.05, 3.63) is 60.2 Å². The van der Waals surface area contributed by atoms with Gasteiger partial charge < -0.3 is 9.84 Å². The van der Waals surface area contributed by atoms with Crippen LogP contribution in [-0.4, -0.2) is 11.1 Å². The minimum Gasteiger partial charge on any atom is -0.507 e. The van der Waals surface area contributed by atoms with Crippen molar-refractivity contribution in [1.82, 2.24) is 0 Å². The fourth-order valence-corrected chi connectivity index (χ4v) is 2.52. The molecule has 0 fully saturated rings. The molecule has 0 aliphatic heterocycles. The first kappa shape index (κ1) is 14.1. The Kier molecular flexibility index (Phi) is 3.55. The van der Waals surface area contributed by atoms with E-state index in [4.69, 9.17) is 4.74 Å². The predicted molar refractivity (Wildman–Crippen MR) is 87.1 cm³/mol. The first-order valence-electron chi connectivity index (χ1n) is 7.06. The molecular weight excluding hydrogens is 276 g/mol. The van der Waals surface area contributed by atoms with Crippen molar-refractivity contribution >= 4 is 16.7 Å². The van der Waals surface area contributed by atoms with Crippen molar-refractivity contribution in [2.45, 2.75) is 13.8 Å². The van der Waals surface area contributed by atoms with E-state index in [1.165, 1.54) is 6.92 Å². The maximum Gasteiger partial charge on any atom is 0.308 e. The van der Waals surface area contributed by atoms with E-state index < -0.39 is 0 Å². The molecule has 0 saturated heterocycles. The van der Waals surface area contributed by atoms with Crippen LogP contribution in [0.15, 0.2) is 54.6 Å². The lowest BCUT2D eigenvalue weighted by molar-refractivity contribution is -0.131. The maximum atomic E-state index is 11.3. The topological polar surface area (TPSA) is 46.5 Å². The molecule has 3 rings (SSSR count). The van der Waals surface area contributed by atoms with Gasteiger partial charge in [0.1, 0.15) is 11.5 Å². The molecule has 3 heteroatoms. The molecule has 0 bridgehead atoms. The van der Waals surface area contributed by atoms with Gasteiger partial charge in [-0.15, -0.1) is 0 Å². The molecule has 0 radical (unpaired) electrons. The zero-order chi connectivity index (χ0) is 15.7. The Morgan fingerprint density at radius 2 is 1.64 bits per heavy atom. The normalized spacial score (nSPS) is 10.6. The molecule has 0 atom stereocenters. The lowest BCUT2D eigenvalue weighted by Crippen LogP contribution is -2.02. The summed E-state index contributed by atoms with van der Waals surface area (Å²) in [6, 6.07) is 16.9. The standard InChI is InChI=1S/C19H16O3/c1-12-7-9-14(10-8-12)17-11-18(22-13(2)20)15-5-3-4-6-16(15)19(17)21/h3-11,21H,1-2H3. The smallest absolute Gasteiger partial charge is 0.308 e. The molecule has 110 valence electrons. The third-order valence-corrected chi connectivity index (χ3v) is 3.59. The largest absolute Gasteiger partial charge is 0.507 e. The first-order valence-corrected chi connectivity index (χ1v) is 7.06. The van der Waals surface area contributed by atoms with Crippen molar-refractivity contribution in [3.8, 4) is 22.6 Å². The molecule has 1 N–H and O–H groups in total. The number of hydrogen-bond acceptors (Lipinski definition) is 3. The monoisotopic (exact) mass is 292 g/mol. The lowest BCUT2D eigenvalue weighted by atomic mass is 9.98. The van der Waals surface area contributed by atoms with Crippen LogP contribution in [0.5, 0.6) is 11.5 Å². The van der Waals surface area contributed by atoms with Gasteiger partial charge >= 0.3 is 5.97 Å². The van der Waals surface area contributed by atoms with Crippen molar-refractivity contribution in [1.29, 1.82) is 0 Å². The predicted octanol–water partition coefficient (Wildman–Crippen LogP) is 4.45. The maximum absolute atomic E-state index is 11.3. The van der Waals surface area contributed by atoms with E-state index in [1.807, 2.05) is 55.5 Å². The molecule has 3 aromatic rings. The number of esters is 1. The quantitative estimate of drug-likeness (QED) is 0.561. The van der Waals surface area contributed by atoms with Crippen LogP contribution in [0.4, 0.5) is 0 Å². The second-order valence-corrected chi connectivity index (χ2v) is 5.28. The summed E-state index contributed by atoms with van der Waals surface area (Å²) in [4.78, 5) is 11.3. The minimum atomic E-state index is -0.384. The van der Waals surface area contributed by atoms with Crippen LogP contribution in [0, 0.1) is 6.92 Å². The van der Waals surface area contributed by atoms with Crippen LogP contribution in [0.25, 0.3) is 21.9 Å². The highest BCUT2D eigenvalue weighted by Crippen LogP contribution is 2.41. The number of ether oxygens (including phenoxy) is 1. The van der Waals surface area contributed by atoms with E-state index in [1.54, 1.807) is 6.07 Å². The van der Waals surface area contributed by atoms with E-state index in [2.05, 4.69) is 0 Å². The molecule has 0 aromatic heterocycles. The summed E-state index contributed by atoms with van der Waals surface area (Å²) in [6.07, 6.45) is 0. The highest BCUT2D eigenvalue weighted by atomic mass is 16.5. The van der Waals surface area contributed by atoms with Crippen LogP contribution < -0.4 is 4.74 Å². The number of aromatic hydroxyl groups is 1. The lowest BCUT2D eigenvalue weighted by Gasteiger charge is -2.13. The molecule has 0 spiro atoms. The number of carbonyl (C=O) groups is 1. The second-order valence-electron chi connectivity index (χ2n) is 5.28. The third-order valence-electron chi connectivity index (χ3n) is 3.59. The molecule has 0 aliphatic rings. The number of fused-ring (bicyclic) bond motifs is 1. The van der Waals surface area contributed by atoms with Crippen LogP contribution in [0.1, 0.15) is 12.5 Å². The Morgan fingerprint density at radius 1 is 1.00 bits per heavy atom. The van der Waals surface area contributed by atoms with Crippen LogP contribution >= 0.6 is 0 Å². The molecule has 0 heterocycles. The number of benzene rings is 3. The van der Waals surface area contributed by atoms with Gasteiger partial charge in [0.25, 0.3) is 0 Å². The zero-order valence-electron chi connectivity index (χ0n) is 12.5. The van der Waals surface area contributed by atoms with Gasteiger partial charge in [-0.25, -0.2) is 0 Å². The SMILES string of the molecule is CC(=O)Oc1cc(-c2ccc(C)cc2)c(O)c2ccccc12. The molecule has 0 saturated carbocycles. The fourth-order valence-electron chi connectivity index (χ4n) is 2.52. The number of phenolic OH excluding ortho intramolecular Hbond substituents is 1. The highest BCUT2D eigenvalue weighted by Gasteiger charge is 2.14. The first-order chi connectivity index (χ1) is 10.6. The van der Waals surface area contributed by atoms with Gasteiger partial charge in [0.05, 0.1) is 0 Å². The summed E-state index contributed by atoms with van der Waals surface area (Å²) >= 11 is 0. The Morgan fingerprint density at radius 3 is 2.27 bits per heavy atom. The number of carbonyl (C=O) groups excluding carboxylic acids is 1. The van der Waals surface area contributed by atoms with Gasteiger partial charge in [0.15, 0.2) is 0 Å². The Balaban J connectivity index is 2.28. The summed E-state index contributed by atoms with van der Waals surface area (Å²) < 4.78 is 5.32. The van der Waals surface area contributed by atoms with E-state index >= 15 is 0 Å². The van der Waals surface area contributed by atoms with Crippen LogP contribution in [0.3, 0.4) is 0 Å². The van der Waals surface area contributed by atoms with Crippen LogP contribution in [0.2, 0.25) is 0 Å². The zero-order valence-corrected chi connectivity index (χ0v) is 12.5. The van der Waals surface area contributed by atoms with E-state index in [9.17, 15) is 9.90 Å². The van der Waals surface area contributed by atoms with Gasteiger partial charge in [-0.3, -0.25) is 4.79 Å². The minimum absolute atomic E-state index is 0.190. The van der Waals surface area contributed by atoms with E-state index in [-0.39, 0.29) is 11.7 Å². The van der Waals surface area contributed by atoms with Gasteiger partial charge in [-0.05, 0) is 18.6 Å². The van der Waals surface area contributed by atoms with Gasteiger partial charge in [-0.2, -0.15) is 0 Å². The fraction of sp³-hybridized carbons (Fsp3) is 0.105. The number of rotatable bonds is 2. The average molecular weight is 292 g/mol. The van der Waals surface area contributed by atoms with Crippen molar-refractivity contribution < 1.29 is 14.6 Å². The summed E-state index contributed by atoms with van der Waals surface area (Å²) in [7, 11) is 0. The Labute approximate surface area is 128 Å². The molecule has 0 amide bonds. The second kappa shape index (κ2) is 5.53. The number of aryl methyl sites for hydroxylation is 1. The molecule has 22 heavy (non-hydrogen) atoms. The van der Waals surface area contributed by atoms with Gasteiger partial charge in [0.2, 0.25) is 0 Å². The molecule has 0 unspecified atom stereocenters. The highest BCUT2D eigenvalue weighted by molar-refractivity contribution is 6.00. The molecule has 3 aromatic carbocycles. The number of hydrogen-bond donors (Lipinski definition) is 1. The summed E-state index contributed by atoms with van der Waals surface area (Å²) in [6.45, 7) is 3.38. The summed E-state index contributed by atoms with van der Waals surface area (Å²) in [5.74, 6) is 0.262. The van der Waals surface area contributed by atoms with Gasteiger partial charge in [-0.1, -0.05) is 54.1 Å². The van der Waals surface area contributed by atoms with Gasteiger partial charge in [0, 0.05) is 23.3 Å². The van der Waals surface area contributed by atoms with Crippen molar-refractivity contribution in [2.75, 3.05) is 0 Å². The van der Waals surface area contributed by atoms with E-state index in [0.29, 0.717) is 22.1 Å². The van der Waals surface area contributed by atoms with E-state index in [0.717, 1.165) is 11.1 Å². The van der Waals surface area contributed by atoms with Crippen molar-refractivity contribution in [2.24, 2.45) is 0 Å². The Bertz CT molecular complexity index is 848. The summed E-state index contributed by atoms with van der Waals surface area (Å²) in [5.41, 5.74) is 2.67. The average Bonchev–Trinajstić information content (AvgIpc) is 2.51. The number of phenols is 1. The summed E-state index contributed by atoms with van der Waals surface area (Å²) in [5, 5.41) is 12.0. The van der Waals surface area contributed by atoms with Crippen LogP contribution in [-0.2, 0) is 4.79 Å².